The molecule has 0 radical (unpaired) electrons. The number of hydrogen-bond acceptors (Lipinski definition) is 2. The van der Waals surface area contributed by atoms with Crippen molar-refractivity contribution in [2.24, 2.45) is 0 Å². The van der Waals surface area contributed by atoms with Crippen LogP contribution in [0.1, 0.15) is 13.3 Å². The lowest BCUT2D eigenvalue weighted by atomic mass is 10.2. The summed E-state index contributed by atoms with van der Waals surface area (Å²) in [4.78, 5) is 16.2. The predicted octanol–water partition coefficient (Wildman–Crippen LogP) is 2.10. The molecule has 0 saturated heterocycles. The number of fused-ring (bicyclic) bond motifs is 1. The second-order valence-corrected chi connectivity index (χ2v) is 3.78. The van der Waals surface area contributed by atoms with Gasteiger partial charge in [0.1, 0.15) is 0 Å². The maximum Gasteiger partial charge on any atom is 0.245 e. The summed E-state index contributed by atoms with van der Waals surface area (Å²) in [5.41, 5.74) is 3.54. The normalized spacial score (nSPS) is 10.6. The number of para-hydroxylation sites is 1. The molecule has 1 aromatic carbocycles. The average Bonchev–Trinajstić information content (AvgIpc) is 2.77. The molecule has 0 aliphatic rings. The summed E-state index contributed by atoms with van der Waals surface area (Å²) in [5.74, 6) is -0.0929. The summed E-state index contributed by atoms with van der Waals surface area (Å²) in [7, 11) is 0. The van der Waals surface area contributed by atoms with E-state index >= 15 is 0 Å². The van der Waals surface area contributed by atoms with Gasteiger partial charge in [0.25, 0.3) is 0 Å². The molecule has 2 aromatic rings. The van der Waals surface area contributed by atoms with E-state index in [0.29, 0.717) is 19.6 Å². The molecule has 1 amide bonds. The Morgan fingerprint density at radius 2 is 2.18 bits per heavy atom. The molecule has 0 saturated carbocycles. The standard InChI is InChI=1S/C13H16N2O2/c1-2-17-14-13(16)8-10-15-9-7-11-5-3-4-6-12(11)15/h3-7,9H,2,8,10H2,1H3,(H,14,16). The molecule has 0 aliphatic heterocycles. The summed E-state index contributed by atoms with van der Waals surface area (Å²) in [5, 5.41) is 1.19. The van der Waals surface area contributed by atoms with Crippen molar-refractivity contribution in [3.05, 3.63) is 36.5 Å². The van der Waals surface area contributed by atoms with Crippen LogP contribution in [0.15, 0.2) is 36.5 Å². The largest absolute Gasteiger partial charge is 0.347 e. The highest BCUT2D eigenvalue weighted by Crippen LogP contribution is 2.15. The molecule has 2 rings (SSSR count). The first kappa shape index (κ1) is 11.7. The SMILES string of the molecule is CCONC(=O)CCn1ccc2ccccc21. The van der Waals surface area contributed by atoms with Crippen LogP contribution in [0, 0.1) is 0 Å². The molecule has 0 atom stereocenters. The number of rotatable bonds is 5. The van der Waals surface area contributed by atoms with Crippen molar-refractivity contribution in [3.63, 3.8) is 0 Å². The van der Waals surface area contributed by atoms with Crippen molar-refractivity contribution < 1.29 is 9.63 Å². The van der Waals surface area contributed by atoms with E-state index in [1.165, 1.54) is 5.39 Å². The molecule has 0 aliphatic carbocycles. The van der Waals surface area contributed by atoms with Crippen LogP contribution in [0.5, 0.6) is 0 Å². The Kier molecular flexibility index (Phi) is 3.77. The van der Waals surface area contributed by atoms with Crippen LogP contribution < -0.4 is 5.48 Å². The van der Waals surface area contributed by atoms with Gasteiger partial charge in [-0.1, -0.05) is 18.2 Å². The van der Waals surface area contributed by atoms with Crippen molar-refractivity contribution in [1.82, 2.24) is 10.0 Å². The highest BCUT2D eigenvalue weighted by Gasteiger charge is 2.03. The van der Waals surface area contributed by atoms with E-state index in [2.05, 4.69) is 28.2 Å². The van der Waals surface area contributed by atoms with Gasteiger partial charge in [-0.25, -0.2) is 5.48 Å². The monoisotopic (exact) mass is 232 g/mol. The molecule has 90 valence electrons. The summed E-state index contributed by atoms with van der Waals surface area (Å²) in [6.45, 7) is 2.98. The van der Waals surface area contributed by atoms with E-state index in [1.807, 2.05) is 25.3 Å². The fourth-order valence-corrected chi connectivity index (χ4v) is 1.76. The third-order valence-corrected chi connectivity index (χ3v) is 2.59. The maximum absolute atomic E-state index is 11.4. The van der Waals surface area contributed by atoms with Crippen molar-refractivity contribution in [2.75, 3.05) is 6.61 Å². The Hall–Kier alpha value is -1.81. The van der Waals surface area contributed by atoms with Crippen LogP contribution in [0.3, 0.4) is 0 Å². The van der Waals surface area contributed by atoms with E-state index in [1.54, 1.807) is 0 Å². The van der Waals surface area contributed by atoms with Crippen LogP contribution in [-0.4, -0.2) is 17.1 Å². The first-order valence-corrected chi connectivity index (χ1v) is 5.75. The molecule has 0 bridgehead atoms. The van der Waals surface area contributed by atoms with E-state index in [0.717, 1.165) is 5.52 Å². The van der Waals surface area contributed by atoms with Crippen LogP contribution in [0.2, 0.25) is 0 Å². The third kappa shape index (κ3) is 2.85. The number of amides is 1. The van der Waals surface area contributed by atoms with Gasteiger partial charge in [-0.2, -0.15) is 0 Å². The van der Waals surface area contributed by atoms with Crippen molar-refractivity contribution in [2.45, 2.75) is 19.9 Å². The molecule has 1 heterocycles. The number of nitrogens with zero attached hydrogens (tertiary/aromatic N) is 1. The van der Waals surface area contributed by atoms with Gasteiger partial charge in [0.2, 0.25) is 5.91 Å². The number of aryl methyl sites for hydroxylation is 1. The van der Waals surface area contributed by atoms with Crippen molar-refractivity contribution in [1.29, 1.82) is 0 Å². The van der Waals surface area contributed by atoms with Gasteiger partial charge in [0.15, 0.2) is 0 Å². The van der Waals surface area contributed by atoms with Gasteiger partial charge in [-0.3, -0.25) is 9.63 Å². The quantitative estimate of drug-likeness (QED) is 0.802. The molecule has 0 fully saturated rings. The number of carbonyl (C=O) groups excluding carboxylic acids is 1. The van der Waals surface area contributed by atoms with Gasteiger partial charge in [-0.15, -0.1) is 0 Å². The van der Waals surface area contributed by atoms with Gasteiger partial charge < -0.3 is 4.57 Å². The molecule has 1 N–H and O–H groups in total. The number of nitrogens with one attached hydrogen (secondary N) is 1. The Balaban J connectivity index is 1.97. The summed E-state index contributed by atoms with van der Waals surface area (Å²) >= 11 is 0. The smallest absolute Gasteiger partial charge is 0.245 e. The Bertz CT molecular complexity index is 505. The molecule has 4 nitrogen and oxygen atoms in total. The van der Waals surface area contributed by atoms with Gasteiger partial charge >= 0.3 is 0 Å². The maximum atomic E-state index is 11.4. The number of benzene rings is 1. The Labute approximate surface area is 100 Å². The van der Waals surface area contributed by atoms with Crippen LogP contribution in [0.4, 0.5) is 0 Å². The van der Waals surface area contributed by atoms with E-state index in [9.17, 15) is 4.79 Å². The Morgan fingerprint density at radius 1 is 1.35 bits per heavy atom. The number of hydroxylamine groups is 1. The number of aromatic nitrogens is 1. The van der Waals surface area contributed by atoms with Gasteiger partial charge in [-0.05, 0) is 24.4 Å². The zero-order valence-electron chi connectivity index (χ0n) is 9.85. The molecule has 0 spiro atoms. The van der Waals surface area contributed by atoms with E-state index < -0.39 is 0 Å². The average molecular weight is 232 g/mol. The Morgan fingerprint density at radius 3 is 3.00 bits per heavy atom. The third-order valence-electron chi connectivity index (χ3n) is 2.59. The highest BCUT2D eigenvalue weighted by atomic mass is 16.6. The second-order valence-electron chi connectivity index (χ2n) is 3.78. The van der Waals surface area contributed by atoms with Gasteiger partial charge in [0.05, 0.1) is 6.61 Å². The van der Waals surface area contributed by atoms with Crippen LogP contribution in [0.25, 0.3) is 10.9 Å². The van der Waals surface area contributed by atoms with Gasteiger partial charge in [0, 0.05) is 24.7 Å². The number of hydrogen-bond donors (Lipinski definition) is 1. The number of carbonyl (C=O) groups is 1. The molecule has 17 heavy (non-hydrogen) atoms. The molecular formula is C13H16N2O2. The fraction of sp³-hybridized carbons (Fsp3) is 0.308. The predicted molar refractivity (Wildman–Crippen MR) is 66.3 cm³/mol. The minimum absolute atomic E-state index is 0.0929. The van der Waals surface area contributed by atoms with Crippen LogP contribution >= 0.6 is 0 Å². The highest BCUT2D eigenvalue weighted by molar-refractivity contribution is 5.80. The lowest BCUT2D eigenvalue weighted by Crippen LogP contribution is -2.24. The summed E-state index contributed by atoms with van der Waals surface area (Å²) in [6.07, 6.45) is 2.41. The second kappa shape index (κ2) is 5.50. The molecule has 0 unspecified atom stereocenters. The lowest BCUT2D eigenvalue weighted by molar-refractivity contribution is -0.133. The molecular weight excluding hydrogens is 216 g/mol. The molecule has 1 aromatic heterocycles. The summed E-state index contributed by atoms with van der Waals surface area (Å²) in [6, 6.07) is 10.2. The zero-order chi connectivity index (χ0) is 12.1. The fourth-order valence-electron chi connectivity index (χ4n) is 1.76. The first-order valence-electron chi connectivity index (χ1n) is 5.75. The van der Waals surface area contributed by atoms with Crippen molar-refractivity contribution in [3.8, 4) is 0 Å². The lowest BCUT2D eigenvalue weighted by Gasteiger charge is -2.06. The minimum Gasteiger partial charge on any atom is -0.347 e. The van der Waals surface area contributed by atoms with E-state index in [4.69, 9.17) is 4.84 Å². The van der Waals surface area contributed by atoms with Crippen LogP contribution in [-0.2, 0) is 16.2 Å². The minimum atomic E-state index is -0.0929. The molecule has 4 heteroatoms. The summed E-state index contributed by atoms with van der Waals surface area (Å²) < 4.78 is 2.07. The first-order chi connectivity index (χ1) is 8.31. The van der Waals surface area contributed by atoms with Crippen molar-refractivity contribution >= 4 is 16.8 Å². The van der Waals surface area contributed by atoms with E-state index in [-0.39, 0.29) is 5.91 Å². The topological polar surface area (TPSA) is 43.3 Å². The zero-order valence-corrected chi connectivity index (χ0v) is 9.85.